The predicted octanol–water partition coefficient (Wildman–Crippen LogP) is 2.63. The fraction of sp³-hybridized carbons (Fsp3) is 0.333. The standard InChI is InChI=1S/C11H16O2.CH2O2/c1-3-7-10(4-2)8-5-6-9-11(12)13;2-1-3/h3-4,7H,1-2,5-6,8-9H2,(H,12,13);1H,(H,2,3)/b10-7+;. The molecule has 0 rings (SSSR count). The zero-order valence-electron chi connectivity index (χ0n) is 9.26. The molecule has 0 aromatic rings. The fourth-order valence-electron chi connectivity index (χ4n) is 1.01. The molecule has 0 aliphatic carbocycles. The smallest absolute Gasteiger partial charge is 0.303 e. The van der Waals surface area contributed by atoms with Gasteiger partial charge in [-0.3, -0.25) is 9.59 Å². The SMILES string of the molecule is C=C/C=C(\C=C)CCCCC(=O)O.O=CO. The molecule has 0 saturated carbocycles. The summed E-state index contributed by atoms with van der Waals surface area (Å²) in [5.41, 5.74) is 1.11. The monoisotopic (exact) mass is 226 g/mol. The highest BCUT2D eigenvalue weighted by molar-refractivity contribution is 5.66. The summed E-state index contributed by atoms with van der Waals surface area (Å²) in [6.45, 7) is 7.00. The van der Waals surface area contributed by atoms with Crippen LogP contribution < -0.4 is 0 Å². The molecule has 2 N–H and O–H groups in total. The molecule has 0 aromatic heterocycles. The molecule has 0 unspecified atom stereocenters. The first-order chi connectivity index (χ1) is 7.62. The van der Waals surface area contributed by atoms with Crippen molar-refractivity contribution in [3.8, 4) is 0 Å². The van der Waals surface area contributed by atoms with Gasteiger partial charge in [0.15, 0.2) is 0 Å². The van der Waals surface area contributed by atoms with Crippen LogP contribution in [0.5, 0.6) is 0 Å². The third-order valence-electron chi connectivity index (χ3n) is 1.70. The zero-order valence-corrected chi connectivity index (χ0v) is 9.26. The number of rotatable bonds is 7. The number of hydrogen-bond donors (Lipinski definition) is 2. The number of allylic oxidation sites excluding steroid dienone is 4. The summed E-state index contributed by atoms with van der Waals surface area (Å²) >= 11 is 0. The zero-order chi connectivity index (χ0) is 12.8. The van der Waals surface area contributed by atoms with E-state index >= 15 is 0 Å². The quantitative estimate of drug-likeness (QED) is 0.397. The second kappa shape index (κ2) is 13.2. The average molecular weight is 226 g/mol. The molecule has 90 valence electrons. The summed E-state index contributed by atoms with van der Waals surface area (Å²) in [5.74, 6) is -0.729. The van der Waals surface area contributed by atoms with Crippen LogP contribution in [0.1, 0.15) is 25.7 Å². The van der Waals surface area contributed by atoms with Crippen molar-refractivity contribution in [3.05, 3.63) is 37.0 Å². The first kappa shape index (κ1) is 16.6. The average Bonchev–Trinajstić information content (AvgIpc) is 2.23. The lowest BCUT2D eigenvalue weighted by Gasteiger charge is -1.99. The summed E-state index contributed by atoms with van der Waals surface area (Å²) in [6.07, 6.45) is 8.13. The Kier molecular flexibility index (Phi) is 13.6. The van der Waals surface area contributed by atoms with E-state index in [0.717, 1.165) is 24.8 Å². The molecular weight excluding hydrogens is 208 g/mol. The number of carboxylic acid groups (broad SMARTS) is 2. The number of aliphatic carboxylic acids is 1. The van der Waals surface area contributed by atoms with Gasteiger partial charge in [0.2, 0.25) is 0 Å². The van der Waals surface area contributed by atoms with Gasteiger partial charge >= 0.3 is 5.97 Å². The molecule has 0 aromatic carbocycles. The Morgan fingerprint density at radius 2 is 1.69 bits per heavy atom. The normalized spacial score (nSPS) is 9.62. The minimum atomic E-state index is -0.729. The lowest BCUT2D eigenvalue weighted by atomic mass is 10.1. The van der Waals surface area contributed by atoms with Gasteiger partial charge in [-0.1, -0.05) is 31.4 Å². The van der Waals surface area contributed by atoms with Crippen molar-refractivity contribution in [1.29, 1.82) is 0 Å². The third-order valence-corrected chi connectivity index (χ3v) is 1.70. The van der Waals surface area contributed by atoms with E-state index in [-0.39, 0.29) is 12.9 Å². The van der Waals surface area contributed by atoms with Gasteiger partial charge in [-0.05, 0) is 24.8 Å². The summed E-state index contributed by atoms with van der Waals surface area (Å²) in [6, 6.07) is 0. The number of carboxylic acids is 1. The van der Waals surface area contributed by atoms with Crippen LogP contribution in [0.4, 0.5) is 0 Å². The van der Waals surface area contributed by atoms with Crippen LogP contribution in [-0.4, -0.2) is 22.7 Å². The maximum absolute atomic E-state index is 10.2. The van der Waals surface area contributed by atoms with E-state index in [9.17, 15) is 4.79 Å². The largest absolute Gasteiger partial charge is 0.483 e. The number of carbonyl (C=O) groups is 2. The molecule has 0 radical (unpaired) electrons. The van der Waals surface area contributed by atoms with Gasteiger partial charge < -0.3 is 10.2 Å². The van der Waals surface area contributed by atoms with Crippen molar-refractivity contribution >= 4 is 12.4 Å². The van der Waals surface area contributed by atoms with Crippen LogP contribution in [0, 0.1) is 0 Å². The molecule has 0 aliphatic heterocycles. The first-order valence-electron chi connectivity index (χ1n) is 4.86. The summed E-state index contributed by atoms with van der Waals surface area (Å²) in [5, 5.41) is 15.3. The molecule has 4 nitrogen and oxygen atoms in total. The molecule has 0 atom stereocenters. The van der Waals surface area contributed by atoms with Crippen LogP contribution in [-0.2, 0) is 9.59 Å². The Bertz CT molecular complexity index is 254. The minimum Gasteiger partial charge on any atom is -0.483 e. The van der Waals surface area contributed by atoms with Gasteiger partial charge in [0.1, 0.15) is 0 Å². The summed E-state index contributed by atoms with van der Waals surface area (Å²) in [7, 11) is 0. The Morgan fingerprint density at radius 3 is 2.06 bits per heavy atom. The Morgan fingerprint density at radius 1 is 1.19 bits per heavy atom. The molecule has 0 heterocycles. The summed E-state index contributed by atoms with van der Waals surface area (Å²) < 4.78 is 0. The van der Waals surface area contributed by atoms with Gasteiger partial charge in [-0.25, -0.2) is 0 Å². The summed E-state index contributed by atoms with van der Waals surface area (Å²) in [4.78, 5) is 18.5. The van der Waals surface area contributed by atoms with E-state index in [4.69, 9.17) is 15.0 Å². The van der Waals surface area contributed by atoms with Crippen LogP contribution in [0.2, 0.25) is 0 Å². The molecule has 0 saturated heterocycles. The van der Waals surface area contributed by atoms with Crippen molar-refractivity contribution in [2.45, 2.75) is 25.7 Å². The van der Waals surface area contributed by atoms with Gasteiger partial charge in [0.05, 0.1) is 0 Å². The topological polar surface area (TPSA) is 74.6 Å². The van der Waals surface area contributed by atoms with Gasteiger partial charge in [-0.2, -0.15) is 0 Å². The highest BCUT2D eigenvalue weighted by Gasteiger charge is 1.96. The predicted molar refractivity (Wildman–Crippen MR) is 63.3 cm³/mol. The van der Waals surface area contributed by atoms with Crippen LogP contribution in [0.25, 0.3) is 0 Å². The molecule has 0 bridgehead atoms. The van der Waals surface area contributed by atoms with Crippen molar-refractivity contribution in [2.75, 3.05) is 0 Å². The van der Waals surface area contributed by atoms with Gasteiger partial charge in [0.25, 0.3) is 6.47 Å². The Labute approximate surface area is 95.6 Å². The fourth-order valence-corrected chi connectivity index (χ4v) is 1.01. The van der Waals surface area contributed by atoms with Gasteiger partial charge in [-0.15, -0.1) is 0 Å². The van der Waals surface area contributed by atoms with Crippen LogP contribution in [0.3, 0.4) is 0 Å². The Balaban J connectivity index is 0. The highest BCUT2D eigenvalue weighted by Crippen LogP contribution is 2.09. The maximum atomic E-state index is 10.2. The van der Waals surface area contributed by atoms with E-state index in [1.807, 2.05) is 6.08 Å². The van der Waals surface area contributed by atoms with Gasteiger partial charge in [0, 0.05) is 6.42 Å². The van der Waals surface area contributed by atoms with E-state index in [0.29, 0.717) is 0 Å². The molecule has 0 aliphatic rings. The van der Waals surface area contributed by atoms with E-state index in [1.165, 1.54) is 0 Å². The van der Waals surface area contributed by atoms with E-state index < -0.39 is 5.97 Å². The molecule has 0 spiro atoms. The lowest BCUT2D eigenvalue weighted by Crippen LogP contribution is -1.93. The molecule has 0 amide bonds. The number of hydrogen-bond acceptors (Lipinski definition) is 2. The lowest BCUT2D eigenvalue weighted by molar-refractivity contribution is -0.137. The second-order valence-electron chi connectivity index (χ2n) is 2.89. The van der Waals surface area contributed by atoms with Crippen LogP contribution >= 0.6 is 0 Å². The molecule has 4 heteroatoms. The maximum Gasteiger partial charge on any atom is 0.303 e. The van der Waals surface area contributed by atoms with Crippen molar-refractivity contribution < 1.29 is 19.8 Å². The number of unbranched alkanes of at least 4 members (excludes halogenated alkanes) is 1. The minimum absolute atomic E-state index is 0.249. The van der Waals surface area contributed by atoms with E-state index in [2.05, 4.69) is 13.2 Å². The Hall–Kier alpha value is -1.84. The van der Waals surface area contributed by atoms with E-state index in [1.54, 1.807) is 12.2 Å². The molecular formula is C12H18O4. The highest BCUT2D eigenvalue weighted by atomic mass is 16.4. The van der Waals surface area contributed by atoms with Crippen molar-refractivity contribution in [3.63, 3.8) is 0 Å². The third kappa shape index (κ3) is 14.7. The van der Waals surface area contributed by atoms with Crippen molar-refractivity contribution in [1.82, 2.24) is 0 Å². The van der Waals surface area contributed by atoms with Crippen LogP contribution in [0.15, 0.2) is 37.0 Å². The molecule has 16 heavy (non-hydrogen) atoms. The first-order valence-corrected chi connectivity index (χ1v) is 4.86. The second-order valence-corrected chi connectivity index (χ2v) is 2.89. The van der Waals surface area contributed by atoms with Crippen molar-refractivity contribution in [2.24, 2.45) is 0 Å². The molecule has 0 fully saturated rings.